The van der Waals surface area contributed by atoms with E-state index in [1.165, 1.54) is 6.07 Å². The Hall–Kier alpha value is -2.41. The van der Waals surface area contributed by atoms with E-state index in [1.54, 1.807) is 45.9 Å². The first-order valence-corrected chi connectivity index (χ1v) is 11.8. The van der Waals surface area contributed by atoms with Gasteiger partial charge < -0.3 is 4.74 Å². The number of hydrogen-bond acceptors (Lipinski definition) is 4. The Kier molecular flexibility index (Phi) is 5.72. The Bertz CT molecular complexity index is 1100. The number of rotatable bonds is 3. The van der Waals surface area contributed by atoms with Crippen LogP contribution in [-0.4, -0.2) is 20.0 Å². The van der Waals surface area contributed by atoms with Crippen LogP contribution in [0.3, 0.4) is 0 Å². The molecule has 2 atom stereocenters. The predicted octanol–water partition coefficient (Wildman–Crippen LogP) is 5.18. The topological polar surface area (TPSA) is 67.8 Å². The van der Waals surface area contributed by atoms with Gasteiger partial charge in [0.2, 0.25) is 10.0 Å². The molecule has 1 unspecified atom stereocenters. The number of amidine groups is 1. The monoisotopic (exact) mass is 446 g/mol. The smallest absolute Gasteiger partial charge is 0.299 e. The van der Waals surface area contributed by atoms with Gasteiger partial charge in [0.25, 0.3) is 6.02 Å². The van der Waals surface area contributed by atoms with E-state index < -0.39 is 32.2 Å². The van der Waals surface area contributed by atoms with Crippen LogP contribution in [0.25, 0.3) is 0 Å². The van der Waals surface area contributed by atoms with Gasteiger partial charge in [0.15, 0.2) is 4.75 Å². The number of sulfonamides is 1. The van der Waals surface area contributed by atoms with Crippen molar-refractivity contribution in [1.29, 1.82) is 0 Å². The second-order valence-corrected chi connectivity index (χ2v) is 11.7. The van der Waals surface area contributed by atoms with Gasteiger partial charge in [0, 0.05) is 5.56 Å². The maximum atomic E-state index is 14.1. The molecule has 7 heteroatoms. The first-order chi connectivity index (χ1) is 14.2. The van der Waals surface area contributed by atoms with Crippen LogP contribution in [0.1, 0.15) is 71.2 Å². The number of nitrogens with one attached hydrogen (secondary N) is 1. The van der Waals surface area contributed by atoms with Crippen molar-refractivity contribution in [1.82, 2.24) is 4.72 Å². The van der Waals surface area contributed by atoms with E-state index in [4.69, 9.17) is 4.74 Å². The fourth-order valence-corrected chi connectivity index (χ4v) is 5.47. The zero-order valence-electron chi connectivity index (χ0n) is 19.2. The van der Waals surface area contributed by atoms with Crippen molar-refractivity contribution in [3.63, 3.8) is 0 Å². The van der Waals surface area contributed by atoms with Crippen LogP contribution in [0.5, 0.6) is 0 Å². The Morgan fingerprint density at radius 2 is 1.61 bits per heavy atom. The molecule has 3 rings (SSSR count). The molecule has 31 heavy (non-hydrogen) atoms. The summed E-state index contributed by atoms with van der Waals surface area (Å²) in [6, 6.07) is 13.1. The highest BCUT2D eigenvalue weighted by Crippen LogP contribution is 2.45. The highest BCUT2D eigenvalue weighted by molar-refractivity contribution is 7.91. The summed E-state index contributed by atoms with van der Waals surface area (Å²) in [6.07, 6.45) is 0. The molecule has 0 aliphatic carbocycles. The minimum atomic E-state index is -3.92. The SMILES string of the molecule is C[C@H](N=C1NS(=O)(=O)C(C)(c2ccc(C(C)(C)C)cc2)C(C)(C)O1)c1ccccc1F. The third kappa shape index (κ3) is 4.07. The number of aliphatic imine (C=N–C) groups is 1. The lowest BCUT2D eigenvalue weighted by molar-refractivity contribution is 0.0383. The molecule has 2 aromatic rings. The summed E-state index contributed by atoms with van der Waals surface area (Å²) in [5, 5.41) is 0. The van der Waals surface area contributed by atoms with Crippen molar-refractivity contribution in [2.24, 2.45) is 4.99 Å². The highest BCUT2D eigenvalue weighted by atomic mass is 32.2. The summed E-state index contributed by atoms with van der Waals surface area (Å²) in [6.45, 7) is 13.1. The third-order valence-electron chi connectivity index (χ3n) is 6.23. The van der Waals surface area contributed by atoms with Gasteiger partial charge >= 0.3 is 0 Å². The molecule has 1 aliphatic rings. The molecule has 1 aliphatic heterocycles. The Morgan fingerprint density at radius 1 is 1.03 bits per heavy atom. The molecule has 1 fully saturated rings. The molecule has 1 N–H and O–H groups in total. The number of nitrogens with zero attached hydrogens (tertiary/aromatic N) is 1. The molecule has 0 bridgehead atoms. The van der Waals surface area contributed by atoms with Crippen molar-refractivity contribution in [2.45, 2.75) is 70.3 Å². The summed E-state index contributed by atoms with van der Waals surface area (Å²) in [5.74, 6) is -0.402. The molecule has 0 amide bonds. The van der Waals surface area contributed by atoms with Crippen LogP contribution in [0.4, 0.5) is 4.39 Å². The Balaban J connectivity index is 1.99. The van der Waals surface area contributed by atoms with Gasteiger partial charge in [-0.05, 0) is 50.3 Å². The maximum Gasteiger partial charge on any atom is 0.299 e. The molecular formula is C24H31FN2O3S. The van der Waals surface area contributed by atoms with Gasteiger partial charge in [-0.25, -0.2) is 22.5 Å². The highest BCUT2D eigenvalue weighted by Gasteiger charge is 2.59. The van der Waals surface area contributed by atoms with Crippen LogP contribution in [0.2, 0.25) is 0 Å². The van der Waals surface area contributed by atoms with Gasteiger partial charge in [0.1, 0.15) is 11.4 Å². The Labute approximate surface area is 184 Å². The molecule has 0 aromatic heterocycles. The van der Waals surface area contributed by atoms with Crippen LogP contribution in [0.15, 0.2) is 53.5 Å². The molecule has 0 saturated carbocycles. The number of ether oxygens (including phenoxy) is 1. The molecule has 1 heterocycles. The lowest BCUT2D eigenvalue weighted by atomic mass is 9.81. The number of halogens is 1. The lowest BCUT2D eigenvalue weighted by Crippen LogP contribution is -2.63. The van der Waals surface area contributed by atoms with E-state index in [1.807, 2.05) is 24.3 Å². The summed E-state index contributed by atoms with van der Waals surface area (Å²) in [7, 11) is -3.92. The molecule has 0 radical (unpaired) electrons. The first-order valence-electron chi connectivity index (χ1n) is 10.3. The van der Waals surface area contributed by atoms with Crippen molar-refractivity contribution in [3.05, 3.63) is 71.0 Å². The molecule has 0 spiro atoms. The summed E-state index contributed by atoms with van der Waals surface area (Å²) < 4.78 is 48.2. The van der Waals surface area contributed by atoms with E-state index in [0.717, 1.165) is 5.56 Å². The van der Waals surface area contributed by atoms with E-state index in [-0.39, 0.29) is 11.4 Å². The second-order valence-electron chi connectivity index (χ2n) is 9.71. The van der Waals surface area contributed by atoms with Crippen molar-refractivity contribution in [2.75, 3.05) is 0 Å². The number of benzene rings is 2. The van der Waals surface area contributed by atoms with Crippen molar-refractivity contribution < 1.29 is 17.5 Å². The average Bonchev–Trinajstić information content (AvgIpc) is 2.65. The Morgan fingerprint density at radius 3 is 2.13 bits per heavy atom. The fourth-order valence-electron chi connectivity index (χ4n) is 3.80. The van der Waals surface area contributed by atoms with Crippen LogP contribution >= 0.6 is 0 Å². The number of hydrogen-bond donors (Lipinski definition) is 1. The normalized spacial score (nSPS) is 24.8. The largest absolute Gasteiger partial charge is 0.456 e. The van der Waals surface area contributed by atoms with E-state index >= 15 is 0 Å². The van der Waals surface area contributed by atoms with Gasteiger partial charge in [0.05, 0.1) is 6.04 Å². The third-order valence-corrected chi connectivity index (χ3v) is 8.47. The zero-order valence-corrected chi connectivity index (χ0v) is 20.0. The maximum absolute atomic E-state index is 14.1. The van der Waals surface area contributed by atoms with Gasteiger partial charge in [-0.15, -0.1) is 0 Å². The lowest BCUT2D eigenvalue weighted by Gasteiger charge is -2.47. The minimum Gasteiger partial charge on any atom is -0.456 e. The van der Waals surface area contributed by atoms with Crippen LogP contribution < -0.4 is 4.72 Å². The average molecular weight is 447 g/mol. The summed E-state index contributed by atoms with van der Waals surface area (Å²) >= 11 is 0. The molecule has 5 nitrogen and oxygen atoms in total. The quantitative estimate of drug-likeness (QED) is 0.706. The fraction of sp³-hybridized carbons (Fsp3) is 0.458. The second kappa shape index (κ2) is 7.62. The standard InChI is InChI=1S/C24H31FN2O3S/c1-16(19-10-8-9-11-20(19)25)26-21-27-31(28,29)24(7,23(5,6)30-21)18-14-12-17(13-15-18)22(2,3)4/h8-16H,1-7H3,(H,26,27)/t16-,24?/m0/s1. The summed E-state index contributed by atoms with van der Waals surface area (Å²) in [5.41, 5.74) is 0.924. The van der Waals surface area contributed by atoms with Crippen LogP contribution in [0, 0.1) is 5.82 Å². The summed E-state index contributed by atoms with van der Waals surface area (Å²) in [4.78, 5) is 4.33. The predicted molar refractivity (Wildman–Crippen MR) is 122 cm³/mol. The van der Waals surface area contributed by atoms with Crippen LogP contribution in [-0.2, 0) is 24.9 Å². The molecule has 2 aromatic carbocycles. The zero-order chi connectivity index (χ0) is 23.2. The van der Waals surface area contributed by atoms with E-state index in [9.17, 15) is 12.8 Å². The van der Waals surface area contributed by atoms with Gasteiger partial charge in [-0.3, -0.25) is 0 Å². The first kappa shape index (κ1) is 23.3. The molecular weight excluding hydrogens is 415 g/mol. The van der Waals surface area contributed by atoms with E-state index in [0.29, 0.717) is 11.1 Å². The molecule has 168 valence electrons. The van der Waals surface area contributed by atoms with Gasteiger partial charge in [-0.1, -0.05) is 63.2 Å². The van der Waals surface area contributed by atoms with E-state index in [2.05, 4.69) is 30.5 Å². The van der Waals surface area contributed by atoms with Gasteiger partial charge in [-0.2, -0.15) is 0 Å². The molecule has 1 saturated heterocycles. The van der Waals surface area contributed by atoms with Crippen molar-refractivity contribution in [3.8, 4) is 0 Å². The van der Waals surface area contributed by atoms with Crippen molar-refractivity contribution >= 4 is 16.0 Å². The minimum absolute atomic E-state index is 0.0438.